The van der Waals surface area contributed by atoms with E-state index in [1.807, 2.05) is 13.8 Å². The highest BCUT2D eigenvalue weighted by Gasteiger charge is 2.22. The second-order valence-electron chi connectivity index (χ2n) is 4.86. The van der Waals surface area contributed by atoms with Crippen molar-refractivity contribution in [3.63, 3.8) is 0 Å². The third-order valence-corrected chi connectivity index (χ3v) is 4.87. The Balaban J connectivity index is 2.95. The number of hydrogen-bond donors (Lipinski definition) is 2. The van der Waals surface area contributed by atoms with Gasteiger partial charge in [-0.2, -0.15) is 0 Å². The second-order valence-corrected chi connectivity index (χ2v) is 7.02. The van der Waals surface area contributed by atoms with Gasteiger partial charge in [0.1, 0.15) is 10.7 Å². The average Bonchev–Trinajstić information content (AvgIpc) is 2.39. The minimum absolute atomic E-state index is 0.0249. The molecule has 0 aliphatic carbocycles. The van der Waals surface area contributed by atoms with Gasteiger partial charge in [0.05, 0.1) is 12.1 Å². The maximum absolute atomic E-state index is 11.9. The van der Waals surface area contributed by atoms with E-state index in [1.165, 1.54) is 26.4 Å². The predicted octanol–water partition coefficient (Wildman–Crippen LogP) is 0.905. The molecule has 1 aromatic heterocycles. The first-order valence-corrected chi connectivity index (χ1v) is 7.47. The lowest BCUT2D eigenvalue weighted by Crippen LogP contribution is -2.38. The van der Waals surface area contributed by atoms with Crippen LogP contribution in [0, 0.1) is 0 Å². The number of nitrogens with zero attached hydrogens (tertiary/aromatic N) is 2. The van der Waals surface area contributed by atoms with E-state index in [0.29, 0.717) is 5.82 Å². The first kappa shape index (κ1) is 15.9. The smallest absolute Gasteiger partial charge is 0.244 e. The fraction of sp³-hybridized carbons (Fsp3) is 0.583. The zero-order valence-corrected chi connectivity index (χ0v) is 12.5. The van der Waals surface area contributed by atoms with Crippen molar-refractivity contribution in [2.45, 2.75) is 30.7 Å². The summed E-state index contributed by atoms with van der Waals surface area (Å²) >= 11 is 0. The number of rotatable bonds is 6. The molecule has 0 aliphatic heterocycles. The van der Waals surface area contributed by atoms with E-state index in [0.717, 1.165) is 10.7 Å². The molecule has 7 heteroatoms. The zero-order chi connectivity index (χ0) is 14.7. The first-order chi connectivity index (χ1) is 8.75. The Morgan fingerprint density at radius 2 is 2.05 bits per heavy atom. The summed E-state index contributed by atoms with van der Waals surface area (Å²) in [6, 6.07) is 3.10. The number of aromatic nitrogens is 1. The molecule has 1 unspecified atom stereocenters. The number of pyridine rings is 1. The van der Waals surface area contributed by atoms with Gasteiger partial charge in [-0.15, -0.1) is 0 Å². The van der Waals surface area contributed by atoms with E-state index in [9.17, 15) is 13.5 Å². The average molecular weight is 287 g/mol. The molecule has 0 bridgehead atoms. The molecule has 0 fully saturated rings. The topological polar surface area (TPSA) is 82.5 Å². The summed E-state index contributed by atoms with van der Waals surface area (Å²) in [6.45, 7) is 3.80. The molecule has 0 radical (unpaired) electrons. The van der Waals surface area contributed by atoms with E-state index in [2.05, 4.69) is 10.3 Å². The van der Waals surface area contributed by atoms with Crippen LogP contribution in [0.15, 0.2) is 23.2 Å². The Hall–Kier alpha value is -1.18. The van der Waals surface area contributed by atoms with E-state index in [4.69, 9.17) is 0 Å². The van der Waals surface area contributed by atoms with Crippen LogP contribution >= 0.6 is 0 Å². The number of aliphatic hydroxyl groups excluding tert-OH is 1. The Bertz CT molecular complexity index is 508. The van der Waals surface area contributed by atoms with Crippen LogP contribution in [0.1, 0.15) is 20.3 Å². The molecule has 6 nitrogen and oxygen atoms in total. The Morgan fingerprint density at radius 1 is 1.42 bits per heavy atom. The minimum atomic E-state index is -3.45. The minimum Gasteiger partial charge on any atom is -0.394 e. The van der Waals surface area contributed by atoms with Crippen molar-refractivity contribution in [3.8, 4) is 0 Å². The fourth-order valence-corrected chi connectivity index (χ4v) is 2.21. The molecular formula is C12H21N3O3S. The van der Waals surface area contributed by atoms with Crippen molar-refractivity contribution in [1.82, 2.24) is 9.29 Å². The number of nitrogens with one attached hydrogen (secondary N) is 1. The third kappa shape index (κ3) is 3.65. The highest BCUT2D eigenvalue weighted by Crippen LogP contribution is 2.18. The largest absolute Gasteiger partial charge is 0.394 e. The van der Waals surface area contributed by atoms with Gasteiger partial charge in [0.2, 0.25) is 10.0 Å². The SMILES string of the molecule is CCC(C)(CO)Nc1ccc(S(=O)(=O)N(C)C)cn1. The van der Waals surface area contributed by atoms with Crippen LogP contribution in [-0.4, -0.2) is 49.1 Å². The summed E-state index contributed by atoms with van der Waals surface area (Å²) in [4.78, 5) is 4.22. The van der Waals surface area contributed by atoms with Gasteiger partial charge < -0.3 is 10.4 Å². The lowest BCUT2D eigenvalue weighted by molar-refractivity contribution is 0.218. The van der Waals surface area contributed by atoms with Crippen LogP contribution in [0.4, 0.5) is 5.82 Å². The van der Waals surface area contributed by atoms with Gasteiger partial charge in [0, 0.05) is 20.3 Å². The summed E-state index contributed by atoms with van der Waals surface area (Å²) in [6.07, 6.45) is 2.04. The van der Waals surface area contributed by atoms with Gasteiger partial charge in [-0.1, -0.05) is 6.92 Å². The van der Waals surface area contributed by atoms with Gasteiger partial charge in [-0.25, -0.2) is 17.7 Å². The van der Waals surface area contributed by atoms with Crippen LogP contribution in [0.5, 0.6) is 0 Å². The summed E-state index contributed by atoms with van der Waals surface area (Å²) in [5.74, 6) is 0.538. The van der Waals surface area contributed by atoms with Crippen molar-refractivity contribution < 1.29 is 13.5 Å². The van der Waals surface area contributed by atoms with Crippen molar-refractivity contribution >= 4 is 15.8 Å². The Kier molecular flexibility index (Phi) is 4.89. The monoisotopic (exact) mass is 287 g/mol. The lowest BCUT2D eigenvalue weighted by atomic mass is 10.0. The van der Waals surface area contributed by atoms with E-state index in [1.54, 1.807) is 6.07 Å². The molecule has 0 aromatic carbocycles. The van der Waals surface area contributed by atoms with Crippen LogP contribution in [-0.2, 0) is 10.0 Å². The Labute approximate surface area is 114 Å². The predicted molar refractivity (Wildman–Crippen MR) is 74.5 cm³/mol. The zero-order valence-electron chi connectivity index (χ0n) is 11.7. The fourth-order valence-electron chi connectivity index (χ4n) is 1.37. The molecule has 0 amide bonds. The lowest BCUT2D eigenvalue weighted by Gasteiger charge is -2.27. The summed E-state index contributed by atoms with van der Waals surface area (Å²) in [5, 5.41) is 12.4. The summed E-state index contributed by atoms with van der Waals surface area (Å²) in [5.41, 5.74) is -0.463. The highest BCUT2D eigenvalue weighted by atomic mass is 32.2. The molecule has 0 aliphatic rings. The van der Waals surface area contributed by atoms with Crippen LogP contribution in [0.25, 0.3) is 0 Å². The third-order valence-electron chi connectivity index (χ3n) is 3.07. The van der Waals surface area contributed by atoms with E-state index < -0.39 is 15.6 Å². The van der Waals surface area contributed by atoms with Crippen molar-refractivity contribution in [1.29, 1.82) is 0 Å². The maximum atomic E-state index is 11.9. The second kappa shape index (κ2) is 5.85. The molecule has 19 heavy (non-hydrogen) atoms. The Morgan fingerprint density at radius 3 is 2.42 bits per heavy atom. The first-order valence-electron chi connectivity index (χ1n) is 6.03. The number of aliphatic hydroxyl groups is 1. The molecule has 1 atom stereocenters. The van der Waals surface area contributed by atoms with E-state index in [-0.39, 0.29) is 11.5 Å². The highest BCUT2D eigenvalue weighted by molar-refractivity contribution is 7.89. The maximum Gasteiger partial charge on any atom is 0.244 e. The summed E-state index contributed by atoms with van der Waals surface area (Å²) < 4.78 is 24.9. The molecule has 0 saturated heterocycles. The molecule has 1 heterocycles. The van der Waals surface area contributed by atoms with Crippen LogP contribution in [0.2, 0.25) is 0 Å². The molecule has 1 rings (SSSR count). The quantitative estimate of drug-likeness (QED) is 0.812. The van der Waals surface area contributed by atoms with Gasteiger partial charge in [-0.3, -0.25) is 0 Å². The van der Waals surface area contributed by atoms with Crippen LogP contribution in [0.3, 0.4) is 0 Å². The summed E-state index contributed by atoms with van der Waals surface area (Å²) in [7, 11) is -0.508. The van der Waals surface area contributed by atoms with E-state index >= 15 is 0 Å². The van der Waals surface area contributed by atoms with Gasteiger partial charge >= 0.3 is 0 Å². The van der Waals surface area contributed by atoms with Crippen LogP contribution < -0.4 is 5.32 Å². The van der Waals surface area contributed by atoms with Crippen molar-refractivity contribution in [2.24, 2.45) is 0 Å². The molecule has 2 N–H and O–H groups in total. The molecule has 0 spiro atoms. The van der Waals surface area contributed by atoms with Crippen molar-refractivity contribution in [2.75, 3.05) is 26.0 Å². The molecular weight excluding hydrogens is 266 g/mol. The van der Waals surface area contributed by atoms with Gasteiger partial charge in [0.15, 0.2) is 0 Å². The normalized spacial score (nSPS) is 15.3. The molecule has 108 valence electrons. The van der Waals surface area contributed by atoms with Gasteiger partial charge in [-0.05, 0) is 25.5 Å². The molecule has 0 saturated carbocycles. The van der Waals surface area contributed by atoms with Gasteiger partial charge in [0.25, 0.3) is 0 Å². The molecule has 1 aromatic rings. The van der Waals surface area contributed by atoms with Crippen molar-refractivity contribution in [3.05, 3.63) is 18.3 Å². The number of hydrogen-bond acceptors (Lipinski definition) is 5. The number of anilines is 1. The standard InChI is InChI=1S/C12H21N3O3S/c1-5-12(2,9-16)14-11-7-6-10(8-13-11)19(17,18)15(3)4/h6-8,16H,5,9H2,1-4H3,(H,13,14). The number of sulfonamides is 1.